The van der Waals surface area contributed by atoms with Gasteiger partial charge in [-0.1, -0.05) is 18.2 Å². The molecule has 0 atom stereocenters. The number of para-hydroxylation sites is 1. The van der Waals surface area contributed by atoms with E-state index in [1.165, 1.54) is 0 Å². The number of carbonyl (C=O) groups is 1. The molecular formula is C13H20N2O3. The summed E-state index contributed by atoms with van der Waals surface area (Å²) in [4.78, 5) is 11.6. The van der Waals surface area contributed by atoms with Crippen molar-refractivity contribution in [3.63, 3.8) is 0 Å². The maximum atomic E-state index is 11.6. The molecule has 0 spiro atoms. The quantitative estimate of drug-likeness (QED) is 0.524. The summed E-state index contributed by atoms with van der Waals surface area (Å²) in [5.41, 5.74) is 7.25. The minimum absolute atomic E-state index is 0.0526. The fourth-order valence-electron chi connectivity index (χ4n) is 1.44. The second-order valence-electron chi connectivity index (χ2n) is 3.83. The summed E-state index contributed by atoms with van der Waals surface area (Å²) in [6, 6.07) is 7.35. The molecule has 0 unspecified atom stereocenters. The van der Waals surface area contributed by atoms with Gasteiger partial charge in [-0.25, -0.2) is 0 Å². The number of rotatable bonds is 8. The summed E-state index contributed by atoms with van der Waals surface area (Å²) < 4.78 is 10.1. The van der Waals surface area contributed by atoms with Crippen LogP contribution in [0.3, 0.4) is 0 Å². The number of benzene rings is 1. The molecule has 0 radical (unpaired) electrons. The van der Waals surface area contributed by atoms with Gasteiger partial charge in [-0.05, 0) is 11.6 Å². The molecule has 5 heteroatoms. The zero-order valence-electron chi connectivity index (χ0n) is 10.6. The van der Waals surface area contributed by atoms with E-state index in [0.717, 1.165) is 5.56 Å². The molecule has 1 aromatic rings. The Bertz CT molecular complexity index is 369. The number of carbonyl (C=O) groups excluding carboxylic acids is 1. The zero-order chi connectivity index (χ0) is 13.2. The lowest BCUT2D eigenvalue weighted by Gasteiger charge is -2.07. The molecular weight excluding hydrogens is 232 g/mol. The van der Waals surface area contributed by atoms with Crippen molar-refractivity contribution >= 4 is 11.6 Å². The number of nitrogen functional groups attached to an aromatic ring is 1. The maximum Gasteiger partial charge on any atom is 0.224 e. The van der Waals surface area contributed by atoms with Crippen LogP contribution in [-0.4, -0.2) is 39.4 Å². The molecule has 0 saturated heterocycles. The minimum atomic E-state index is -0.0526. The first-order valence-corrected chi connectivity index (χ1v) is 5.91. The van der Waals surface area contributed by atoms with Gasteiger partial charge in [0.15, 0.2) is 0 Å². The van der Waals surface area contributed by atoms with E-state index in [1.807, 2.05) is 18.2 Å². The van der Waals surface area contributed by atoms with Gasteiger partial charge in [-0.15, -0.1) is 0 Å². The lowest BCUT2D eigenvalue weighted by atomic mass is 10.1. The van der Waals surface area contributed by atoms with Gasteiger partial charge in [-0.2, -0.15) is 0 Å². The summed E-state index contributed by atoms with van der Waals surface area (Å²) in [6.45, 7) is 2.08. The number of hydrogen-bond donors (Lipinski definition) is 2. The van der Waals surface area contributed by atoms with E-state index in [9.17, 15) is 4.79 Å². The Hall–Kier alpha value is -1.59. The fraction of sp³-hybridized carbons (Fsp3) is 0.462. The summed E-state index contributed by atoms with van der Waals surface area (Å²) >= 11 is 0. The number of anilines is 1. The van der Waals surface area contributed by atoms with Gasteiger partial charge < -0.3 is 20.5 Å². The smallest absolute Gasteiger partial charge is 0.224 e. The second kappa shape index (κ2) is 8.49. The van der Waals surface area contributed by atoms with Gasteiger partial charge in [0.2, 0.25) is 5.91 Å². The highest BCUT2D eigenvalue weighted by atomic mass is 16.5. The van der Waals surface area contributed by atoms with E-state index in [0.29, 0.717) is 38.5 Å². The molecule has 3 N–H and O–H groups in total. The summed E-state index contributed by atoms with van der Waals surface area (Å²) in [5, 5.41) is 2.77. The van der Waals surface area contributed by atoms with E-state index in [4.69, 9.17) is 15.2 Å². The van der Waals surface area contributed by atoms with Crippen LogP contribution in [-0.2, 0) is 20.7 Å². The Balaban J connectivity index is 2.16. The third-order valence-electron chi connectivity index (χ3n) is 2.41. The van der Waals surface area contributed by atoms with Crippen molar-refractivity contribution in [1.29, 1.82) is 0 Å². The number of hydrogen-bond acceptors (Lipinski definition) is 4. The first-order chi connectivity index (χ1) is 8.74. The van der Waals surface area contributed by atoms with Crippen LogP contribution in [0.1, 0.15) is 5.56 Å². The first kappa shape index (κ1) is 14.5. The molecule has 0 aromatic heterocycles. The Labute approximate surface area is 107 Å². The van der Waals surface area contributed by atoms with E-state index >= 15 is 0 Å². The van der Waals surface area contributed by atoms with Crippen LogP contribution in [0, 0.1) is 0 Å². The minimum Gasteiger partial charge on any atom is -0.398 e. The number of nitrogens with two attached hydrogens (primary N) is 1. The van der Waals surface area contributed by atoms with Crippen molar-refractivity contribution in [3.05, 3.63) is 29.8 Å². The third-order valence-corrected chi connectivity index (χ3v) is 2.41. The average Bonchev–Trinajstić information content (AvgIpc) is 2.36. The third kappa shape index (κ3) is 5.65. The predicted molar refractivity (Wildman–Crippen MR) is 70.3 cm³/mol. The summed E-state index contributed by atoms with van der Waals surface area (Å²) in [7, 11) is 1.62. The van der Waals surface area contributed by atoms with Crippen molar-refractivity contribution in [2.75, 3.05) is 39.2 Å². The molecule has 0 aliphatic heterocycles. The molecule has 0 fully saturated rings. The van der Waals surface area contributed by atoms with Crippen LogP contribution in [0.4, 0.5) is 5.69 Å². The van der Waals surface area contributed by atoms with Gasteiger partial charge in [0, 0.05) is 19.3 Å². The Morgan fingerprint density at radius 1 is 1.28 bits per heavy atom. The molecule has 1 rings (SSSR count). The lowest BCUT2D eigenvalue weighted by Crippen LogP contribution is -2.29. The highest BCUT2D eigenvalue weighted by molar-refractivity contribution is 5.80. The summed E-state index contributed by atoms with van der Waals surface area (Å²) in [6.07, 6.45) is 0.296. The molecule has 18 heavy (non-hydrogen) atoms. The highest BCUT2D eigenvalue weighted by Crippen LogP contribution is 2.10. The molecule has 0 saturated carbocycles. The normalized spacial score (nSPS) is 10.3. The molecule has 0 aliphatic carbocycles. The molecule has 0 heterocycles. The Morgan fingerprint density at radius 3 is 2.78 bits per heavy atom. The lowest BCUT2D eigenvalue weighted by molar-refractivity contribution is -0.120. The van der Waals surface area contributed by atoms with Crippen molar-refractivity contribution < 1.29 is 14.3 Å². The molecule has 1 amide bonds. The monoisotopic (exact) mass is 252 g/mol. The average molecular weight is 252 g/mol. The summed E-state index contributed by atoms with van der Waals surface area (Å²) in [5.74, 6) is -0.0526. The number of nitrogens with one attached hydrogen (secondary N) is 1. The zero-order valence-corrected chi connectivity index (χ0v) is 10.6. The van der Waals surface area contributed by atoms with E-state index in [-0.39, 0.29) is 5.91 Å². The van der Waals surface area contributed by atoms with Gasteiger partial charge >= 0.3 is 0 Å². The fourth-order valence-corrected chi connectivity index (χ4v) is 1.44. The van der Waals surface area contributed by atoms with Crippen molar-refractivity contribution in [1.82, 2.24) is 5.32 Å². The van der Waals surface area contributed by atoms with Crippen LogP contribution >= 0.6 is 0 Å². The van der Waals surface area contributed by atoms with Crippen molar-refractivity contribution in [3.8, 4) is 0 Å². The molecule has 1 aromatic carbocycles. The first-order valence-electron chi connectivity index (χ1n) is 5.91. The van der Waals surface area contributed by atoms with E-state index in [1.54, 1.807) is 13.2 Å². The van der Waals surface area contributed by atoms with E-state index in [2.05, 4.69) is 5.32 Å². The van der Waals surface area contributed by atoms with Crippen molar-refractivity contribution in [2.24, 2.45) is 0 Å². The van der Waals surface area contributed by atoms with Crippen LogP contribution in [0.5, 0.6) is 0 Å². The highest BCUT2D eigenvalue weighted by Gasteiger charge is 2.04. The Kier molecular flexibility index (Phi) is 6.83. The van der Waals surface area contributed by atoms with Crippen LogP contribution in [0.2, 0.25) is 0 Å². The van der Waals surface area contributed by atoms with Crippen molar-refractivity contribution in [2.45, 2.75) is 6.42 Å². The van der Waals surface area contributed by atoms with Gasteiger partial charge in [0.05, 0.1) is 26.2 Å². The SMILES string of the molecule is COCCOCCNC(=O)Cc1ccccc1N. The van der Waals surface area contributed by atoms with E-state index < -0.39 is 0 Å². The Morgan fingerprint density at radius 2 is 2.06 bits per heavy atom. The molecule has 0 aliphatic rings. The van der Waals surface area contributed by atoms with Gasteiger partial charge in [-0.3, -0.25) is 4.79 Å². The number of methoxy groups -OCH3 is 1. The number of ether oxygens (including phenoxy) is 2. The van der Waals surface area contributed by atoms with Crippen LogP contribution in [0.25, 0.3) is 0 Å². The molecule has 5 nitrogen and oxygen atoms in total. The largest absolute Gasteiger partial charge is 0.398 e. The van der Waals surface area contributed by atoms with Crippen LogP contribution < -0.4 is 11.1 Å². The predicted octanol–water partition coefficient (Wildman–Crippen LogP) is 0.590. The topological polar surface area (TPSA) is 73.6 Å². The van der Waals surface area contributed by atoms with Crippen LogP contribution in [0.15, 0.2) is 24.3 Å². The standard InChI is InChI=1S/C13H20N2O3/c1-17-8-9-18-7-6-15-13(16)10-11-4-2-3-5-12(11)14/h2-5H,6-10,14H2,1H3,(H,15,16). The van der Waals surface area contributed by atoms with Gasteiger partial charge in [0.1, 0.15) is 0 Å². The van der Waals surface area contributed by atoms with Gasteiger partial charge in [0.25, 0.3) is 0 Å². The number of amides is 1. The molecule has 100 valence electrons. The maximum absolute atomic E-state index is 11.6. The molecule has 0 bridgehead atoms. The second-order valence-corrected chi connectivity index (χ2v) is 3.83.